The summed E-state index contributed by atoms with van der Waals surface area (Å²) in [4.78, 5) is 158. The standard InChI is InChI=1S/C45H80N14O15/c1-21(2)20-31(42(71)53-25(7)37(66)56-30(15-17-33(62)63)40(69)51-23(5)35(64)54-26(8)44(73)74)58-43(72)34(22(3)4)59-41(70)29(13-11-19-50-45(48)49)55-36(65)24(6)52-39(68)28(12-9-10-18-46)57-38(67)27(47)14-16-32(60)61/h21-31,34H,9-20,46-47H2,1-8H3,(H,51,69)(H,52,68)(H,53,71)(H,54,64)(H,55,65)(H,56,66)(H,57,67)(H,58,72)(H,59,70)(H,60,61)(H,62,63)(H,73,74)(H4,48,49,50)/t23-,24-,25-,26-,27-,28-,29-,30-,31-,34-/m0/s1. The number of nitrogens with one attached hydrogen (secondary N) is 9. The van der Waals surface area contributed by atoms with Crippen LogP contribution in [-0.2, 0) is 57.5 Å². The van der Waals surface area contributed by atoms with Gasteiger partial charge in [-0.3, -0.25) is 62.5 Å². The Kier molecular flexibility index (Phi) is 31.0. The van der Waals surface area contributed by atoms with Crippen LogP contribution in [0, 0.1) is 11.8 Å². The van der Waals surface area contributed by atoms with Crippen molar-refractivity contribution >= 4 is 77.0 Å². The highest BCUT2D eigenvalue weighted by Gasteiger charge is 2.35. The molecule has 0 heterocycles. The van der Waals surface area contributed by atoms with E-state index in [0.29, 0.717) is 12.8 Å². The molecule has 0 radical (unpaired) electrons. The van der Waals surface area contributed by atoms with Crippen molar-refractivity contribution in [1.82, 2.24) is 47.9 Å². The number of rotatable bonds is 36. The van der Waals surface area contributed by atoms with Gasteiger partial charge in [-0.15, -0.1) is 0 Å². The molecule has 0 unspecified atom stereocenters. The van der Waals surface area contributed by atoms with Crippen LogP contribution in [0.3, 0.4) is 0 Å². The van der Waals surface area contributed by atoms with Gasteiger partial charge in [-0.25, -0.2) is 0 Å². The monoisotopic (exact) mass is 1060 g/mol. The molecule has 74 heavy (non-hydrogen) atoms. The van der Waals surface area contributed by atoms with E-state index in [4.69, 9.17) is 33.1 Å². The highest BCUT2D eigenvalue weighted by molar-refractivity contribution is 5.98. The van der Waals surface area contributed by atoms with E-state index in [1.165, 1.54) is 27.7 Å². The van der Waals surface area contributed by atoms with Crippen molar-refractivity contribution in [3.05, 3.63) is 0 Å². The van der Waals surface area contributed by atoms with E-state index in [1.807, 2.05) is 0 Å². The van der Waals surface area contributed by atoms with Crippen molar-refractivity contribution < 1.29 is 72.9 Å². The predicted octanol–water partition coefficient (Wildman–Crippen LogP) is -4.54. The molecule has 10 atom stereocenters. The number of nitrogens with two attached hydrogens (primary N) is 4. The first-order chi connectivity index (χ1) is 34.4. The van der Waals surface area contributed by atoms with Crippen LogP contribution in [0.1, 0.15) is 120 Å². The summed E-state index contributed by atoms with van der Waals surface area (Å²) < 4.78 is 0. The lowest BCUT2D eigenvalue weighted by Gasteiger charge is -2.29. The number of carbonyl (C=O) groups is 12. The number of hydrogen-bond acceptors (Lipinski definition) is 15. The Morgan fingerprint density at radius 1 is 0.446 bits per heavy atom. The summed E-state index contributed by atoms with van der Waals surface area (Å²) in [6.45, 7) is 12.0. The number of carbonyl (C=O) groups excluding carboxylic acids is 9. The number of guanidine groups is 1. The van der Waals surface area contributed by atoms with Crippen molar-refractivity contribution in [1.29, 1.82) is 0 Å². The normalized spacial score (nSPS) is 15.1. The van der Waals surface area contributed by atoms with Crippen LogP contribution in [0.2, 0.25) is 0 Å². The molecule has 0 fully saturated rings. The fraction of sp³-hybridized carbons (Fsp3) is 0.711. The lowest BCUT2D eigenvalue weighted by molar-refractivity contribution is -0.141. The fourth-order valence-corrected chi connectivity index (χ4v) is 6.64. The number of aliphatic carboxylic acids is 3. The molecule has 0 saturated heterocycles. The van der Waals surface area contributed by atoms with Gasteiger partial charge in [0.05, 0.1) is 6.04 Å². The molecule has 0 aliphatic rings. The molecule has 0 aliphatic carbocycles. The van der Waals surface area contributed by atoms with Crippen LogP contribution in [0.4, 0.5) is 0 Å². The van der Waals surface area contributed by atoms with E-state index in [1.54, 1.807) is 27.7 Å². The minimum atomic E-state index is -1.53. The van der Waals surface area contributed by atoms with Crippen LogP contribution in [-0.4, -0.2) is 166 Å². The number of carboxylic acid groups (broad SMARTS) is 3. The van der Waals surface area contributed by atoms with Gasteiger partial charge in [0.15, 0.2) is 5.96 Å². The number of amides is 9. The summed E-state index contributed by atoms with van der Waals surface area (Å²) in [6.07, 6.45) is -0.557. The first-order valence-electron chi connectivity index (χ1n) is 24.3. The molecule has 0 aromatic rings. The molecule has 0 aliphatic heterocycles. The Hall–Kier alpha value is -7.17. The summed E-state index contributed by atoms with van der Waals surface area (Å²) in [7, 11) is 0. The van der Waals surface area contributed by atoms with Crippen molar-refractivity contribution in [2.24, 2.45) is 39.8 Å². The van der Waals surface area contributed by atoms with Gasteiger partial charge in [0.2, 0.25) is 53.2 Å². The zero-order valence-corrected chi connectivity index (χ0v) is 43.4. The molecule has 20 N–H and O–H groups in total. The Bertz CT molecular complexity index is 1980. The maximum Gasteiger partial charge on any atom is 0.325 e. The van der Waals surface area contributed by atoms with Gasteiger partial charge in [-0.1, -0.05) is 27.7 Å². The number of hydrogen-bond donors (Lipinski definition) is 16. The average molecular weight is 1060 g/mol. The third kappa shape index (κ3) is 27.0. The summed E-state index contributed by atoms with van der Waals surface area (Å²) in [5, 5.41) is 49.4. The second kappa shape index (κ2) is 34.3. The Labute approximate surface area is 429 Å². The first kappa shape index (κ1) is 66.8. The van der Waals surface area contributed by atoms with E-state index in [-0.39, 0.29) is 57.1 Å². The van der Waals surface area contributed by atoms with Gasteiger partial charge in [-0.2, -0.15) is 0 Å². The van der Waals surface area contributed by atoms with Gasteiger partial charge in [0.1, 0.15) is 54.4 Å². The highest BCUT2D eigenvalue weighted by atomic mass is 16.4. The zero-order valence-electron chi connectivity index (χ0n) is 43.4. The van der Waals surface area contributed by atoms with Gasteiger partial charge in [0, 0.05) is 19.4 Å². The van der Waals surface area contributed by atoms with Gasteiger partial charge < -0.3 is 86.1 Å². The second-order valence-electron chi connectivity index (χ2n) is 18.6. The van der Waals surface area contributed by atoms with E-state index in [2.05, 4.69) is 52.8 Å². The first-order valence-corrected chi connectivity index (χ1v) is 24.3. The lowest BCUT2D eigenvalue weighted by Crippen LogP contribution is -2.61. The van der Waals surface area contributed by atoms with E-state index < -0.39 is 157 Å². The number of unbranched alkanes of at least 4 members (excludes halogenated alkanes) is 1. The van der Waals surface area contributed by atoms with Crippen LogP contribution in [0.15, 0.2) is 4.99 Å². The predicted molar refractivity (Wildman–Crippen MR) is 267 cm³/mol. The van der Waals surface area contributed by atoms with Crippen LogP contribution < -0.4 is 70.8 Å². The summed E-state index contributed by atoms with van der Waals surface area (Å²) in [6, 6.07) is -13.3. The largest absolute Gasteiger partial charge is 0.481 e. The van der Waals surface area contributed by atoms with Crippen molar-refractivity contribution in [3.63, 3.8) is 0 Å². The number of nitrogens with zero attached hydrogens (tertiary/aromatic N) is 1. The molecule has 0 aromatic carbocycles. The van der Waals surface area contributed by atoms with Crippen molar-refractivity contribution in [2.75, 3.05) is 13.1 Å². The fourth-order valence-electron chi connectivity index (χ4n) is 6.64. The van der Waals surface area contributed by atoms with Gasteiger partial charge in [0.25, 0.3) is 0 Å². The molecule has 0 rings (SSSR count). The van der Waals surface area contributed by atoms with Gasteiger partial charge in [-0.05, 0) is 97.4 Å². The number of aliphatic imine (C=N–C) groups is 1. The minimum absolute atomic E-state index is 0.0247. The maximum atomic E-state index is 14.0. The Morgan fingerprint density at radius 3 is 1.27 bits per heavy atom. The topological polar surface area (TPSA) is 490 Å². The van der Waals surface area contributed by atoms with Crippen LogP contribution >= 0.6 is 0 Å². The smallest absolute Gasteiger partial charge is 0.325 e. The van der Waals surface area contributed by atoms with Crippen LogP contribution in [0.25, 0.3) is 0 Å². The lowest BCUT2D eigenvalue weighted by atomic mass is 9.99. The molecule has 29 heteroatoms. The molecule has 0 bridgehead atoms. The summed E-state index contributed by atoms with van der Waals surface area (Å²) in [5.74, 6) is -12.7. The molecule has 0 saturated carbocycles. The third-order valence-corrected chi connectivity index (χ3v) is 11.0. The van der Waals surface area contributed by atoms with Crippen LogP contribution in [0.5, 0.6) is 0 Å². The molecule has 29 nitrogen and oxygen atoms in total. The molecular formula is C45H80N14O15. The van der Waals surface area contributed by atoms with Crippen molar-refractivity contribution in [3.8, 4) is 0 Å². The van der Waals surface area contributed by atoms with E-state index in [0.717, 1.165) is 0 Å². The number of carboxylic acids is 3. The molecular weight excluding hydrogens is 977 g/mol. The Balaban J connectivity index is 6.31. The van der Waals surface area contributed by atoms with E-state index in [9.17, 15) is 62.6 Å². The molecule has 0 aromatic heterocycles. The van der Waals surface area contributed by atoms with Crippen molar-refractivity contribution in [2.45, 2.75) is 180 Å². The SMILES string of the molecule is CC(C)C[C@H](NC(=O)[C@@H](NC(=O)[C@H](CCCN=C(N)N)NC(=O)[C@H](C)NC(=O)[C@H](CCCCN)NC(=O)[C@@H](N)CCC(=O)O)C(C)C)C(=O)N[C@@H](C)C(=O)N[C@@H](CCC(=O)O)C(=O)N[C@@H](C)C(=O)N[C@@H](C)C(=O)O. The maximum absolute atomic E-state index is 14.0. The quantitative estimate of drug-likeness (QED) is 0.0160. The summed E-state index contributed by atoms with van der Waals surface area (Å²) in [5.41, 5.74) is 22.3. The molecule has 420 valence electrons. The Morgan fingerprint density at radius 2 is 0.838 bits per heavy atom. The molecule has 9 amide bonds. The van der Waals surface area contributed by atoms with Gasteiger partial charge >= 0.3 is 17.9 Å². The molecule has 0 spiro atoms. The summed E-state index contributed by atoms with van der Waals surface area (Å²) >= 11 is 0. The highest BCUT2D eigenvalue weighted by Crippen LogP contribution is 2.11. The second-order valence-corrected chi connectivity index (χ2v) is 18.6. The average Bonchev–Trinajstić information content (AvgIpc) is 3.30. The third-order valence-electron chi connectivity index (χ3n) is 11.0. The minimum Gasteiger partial charge on any atom is -0.481 e. The zero-order chi connectivity index (χ0) is 57.0. The van der Waals surface area contributed by atoms with E-state index >= 15 is 0 Å².